The van der Waals surface area contributed by atoms with Crippen LogP contribution in [0.3, 0.4) is 0 Å². The molecule has 0 amide bonds. The molecule has 0 aliphatic carbocycles. The first-order chi connectivity index (χ1) is 11.3. The van der Waals surface area contributed by atoms with E-state index in [1.807, 2.05) is 17.5 Å². The maximum Gasteiger partial charge on any atom is 0.244 e. The van der Waals surface area contributed by atoms with Crippen molar-refractivity contribution in [2.45, 2.75) is 32.1 Å². The molecular formula is C16H21N3O3S. The Bertz CT molecular complexity index is 616. The van der Waals surface area contributed by atoms with Gasteiger partial charge in [0.2, 0.25) is 11.7 Å². The molecule has 2 aliphatic rings. The third-order valence-electron chi connectivity index (χ3n) is 4.70. The molecule has 124 valence electrons. The topological polar surface area (TPSA) is 60.6 Å². The van der Waals surface area contributed by atoms with Crippen LogP contribution in [0, 0.1) is 5.92 Å². The number of piperidine rings is 1. The van der Waals surface area contributed by atoms with Crippen molar-refractivity contribution in [3.05, 3.63) is 23.4 Å². The summed E-state index contributed by atoms with van der Waals surface area (Å²) in [6.07, 6.45) is 2.17. The van der Waals surface area contributed by atoms with Crippen LogP contribution in [0.25, 0.3) is 10.7 Å². The fourth-order valence-electron chi connectivity index (χ4n) is 3.29. The molecule has 2 aromatic heterocycles. The number of likely N-dealkylation sites (tertiary alicyclic amines) is 1. The summed E-state index contributed by atoms with van der Waals surface area (Å²) in [6.45, 7) is 5.61. The highest BCUT2D eigenvalue weighted by Crippen LogP contribution is 2.31. The third kappa shape index (κ3) is 3.19. The first-order valence-electron chi connectivity index (χ1n) is 8.16. The van der Waals surface area contributed by atoms with E-state index in [4.69, 9.17) is 14.0 Å². The van der Waals surface area contributed by atoms with Crippen LogP contribution in [0.5, 0.6) is 0 Å². The lowest BCUT2D eigenvalue weighted by Crippen LogP contribution is -2.39. The fourth-order valence-corrected chi connectivity index (χ4v) is 3.94. The van der Waals surface area contributed by atoms with E-state index in [-0.39, 0.29) is 12.3 Å². The summed E-state index contributed by atoms with van der Waals surface area (Å²) in [7, 11) is 0. The number of aromatic nitrogens is 2. The standard InChI is InChI=1S/C16H21N3O3S/c1-11(15-17-14(18-22-15)13-3-2-10-23-13)19-6-4-12(5-7-19)16-20-8-9-21-16/h2-3,10-12,16H,4-9H2,1H3. The van der Waals surface area contributed by atoms with Gasteiger partial charge in [-0.2, -0.15) is 4.98 Å². The first kappa shape index (κ1) is 15.3. The number of nitrogens with zero attached hydrogens (tertiary/aromatic N) is 3. The minimum absolute atomic E-state index is 0.00120. The Labute approximate surface area is 139 Å². The summed E-state index contributed by atoms with van der Waals surface area (Å²) in [4.78, 5) is 8.01. The summed E-state index contributed by atoms with van der Waals surface area (Å²) in [5.41, 5.74) is 0. The van der Waals surface area contributed by atoms with Crippen molar-refractivity contribution in [2.75, 3.05) is 26.3 Å². The number of thiophene rings is 1. The van der Waals surface area contributed by atoms with Gasteiger partial charge in [0, 0.05) is 5.92 Å². The van der Waals surface area contributed by atoms with Crippen molar-refractivity contribution >= 4 is 11.3 Å². The van der Waals surface area contributed by atoms with Crippen LogP contribution >= 0.6 is 11.3 Å². The molecule has 0 radical (unpaired) electrons. The lowest BCUT2D eigenvalue weighted by molar-refractivity contribution is -0.0997. The molecule has 0 saturated carbocycles. The van der Waals surface area contributed by atoms with Gasteiger partial charge < -0.3 is 14.0 Å². The molecule has 23 heavy (non-hydrogen) atoms. The summed E-state index contributed by atoms with van der Waals surface area (Å²) >= 11 is 1.62. The Morgan fingerprint density at radius 2 is 2.04 bits per heavy atom. The zero-order chi connectivity index (χ0) is 15.6. The lowest BCUT2D eigenvalue weighted by atomic mass is 9.95. The molecular weight excluding hydrogens is 314 g/mol. The minimum atomic E-state index is 0.00120. The van der Waals surface area contributed by atoms with Gasteiger partial charge in [0.1, 0.15) is 0 Å². The first-order valence-corrected chi connectivity index (χ1v) is 9.04. The number of ether oxygens (including phenoxy) is 2. The van der Waals surface area contributed by atoms with E-state index in [9.17, 15) is 0 Å². The molecule has 2 fully saturated rings. The van der Waals surface area contributed by atoms with Gasteiger partial charge in [0.05, 0.1) is 24.1 Å². The number of rotatable bonds is 4. The monoisotopic (exact) mass is 335 g/mol. The van der Waals surface area contributed by atoms with Gasteiger partial charge in [0.25, 0.3) is 0 Å². The second-order valence-electron chi connectivity index (χ2n) is 6.09. The fraction of sp³-hybridized carbons (Fsp3) is 0.625. The molecule has 1 unspecified atom stereocenters. The van der Waals surface area contributed by atoms with E-state index >= 15 is 0 Å². The Morgan fingerprint density at radius 3 is 2.74 bits per heavy atom. The van der Waals surface area contributed by atoms with Gasteiger partial charge in [-0.05, 0) is 44.3 Å². The normalized spacial score (nSPS) is 22.7. The van der Waals surface area contributed by atoms with Crippen LogP contribution in [0.15, 0.2) is 22.0 Å². The maximum atomic E-state index is 5.64. The van der Waals surface area contributed by atoms with Crippen molar-refractivity contribution in [3.63, 3.8) is 0 Å². The maximum absolute atomic E-state index is 5.64. The van der Waals surface area contributed by atoms with Gasteiger partial charge in [-0.3, -0.25) is 4.90 Å². The van der Waals surface area contributed by atoms with Crippen molar-refractivity contribution in [1.82, 2.24) is 15.0 Å². The summed E-state index contributed by atoms with van der Waals surface area (Å²) in [6, 6.07) is 4.15. The second kappa shape index (κ2) is 6.68. The number of hydrogen-bond donors (Lipinski definition) is 0. The Hall–Kier alpha value is -1.28. The van der Waals surface area contributed by atoms with E-state index < -0.39 is 0 Å². The molecule has 0 spiro atoms. The molecule has 7 heteroatoms. The molecule has 6 nitrogen and oxygen atoms in total. The zero-order valence-corrected chi connectivity index (χ0v) is 14.0. The summed E-state index contributed by atoms with van der Waals surface area (Å²) < 4.78 is 16.8. The average Bonchev–Trinajstić information content (AvgIpc) is 3.36. The Balaban J connectivity index is 1.37. The van der Waals surface area contributed by atoms with Crippen LogP contribution in [0.4, 0.5) is 0 Å². The smallest absolute Gasteiger partial charge is 0.244 e. The van der Waals surface area contributed by atoms with Gasteiger partial charge in [0.15, 0.2) is 6.29 Å². The second-order valence-corrected chi connectivity index (χ2v) is 7.04. The van der Waals surface area contributed by atoms with Crippen molar-refractivity contribution in [2.24, 2.45) is 5.92 Å². The molecule has 0 N–H and O–H groups in total. The molecule has 0 aromatic carbocycles. The highest BCUT2D eigenvalue weighted by molar-refractivity contribution is 7.13. The molecule has 2 aliphatic heterocycles. The van der Waals surface area contributed by atoms with E-state index in [0.717, 1.165) is 44.0 Å². The highest BCUT2D eigenvalue weighted by Gasteiger charge is 2.33. The van der Waals surface area contributed by atoms with Gasteiger partial charge >= 0.3 is 0 Å². The zero-order valence-electron chi connectivity index (χ0n) is 13.2. The van der Waals surface area contributed by atoms with Gasteiger partial charge in [-0.15, -0.1) is 11.3 Å². The van der Waals surface area contributed by atoms with Crippen LogP contribution in [0.2, 0.25) is 0 Å². The summed E-state index contributed by atoms with van der Waals surface area (Å²) in [5.74, 6) is 1.88. The molecule has 4 heterocycles. The van der Waals surface area contributed by atoms with E-state index in [1.165, 1.54) is 0 Å². The predicted molar refractivity (Wildman–Crippen MR) is 86.0 cm³/mol. The Kier molecular flexibility index (Phi) is 4.43. The van der Waals surface area contributed by atoms with Crippen molar-refractivity contribution in [1.29, 1.82) is 0 Å². The lowest BCUT2D eigenvalue weighted by Gasteiger charge is -2.35. The van der Waals surface area contributed by atoms with Crippen LogP contribution in [-0.4, -0.2) is 47.6 Å². The quantitative estimate of drug-likeness (QED) is 0.856. The summed E-state index contributed by atoms with van der Waals surface area (Å²) in [5, 5.41) is 6.13. The SMILES string of the molecule is CC(c1nc(-c2cccs2)no1)N1CCC(C2OCCO2)CC1. The van der Waals surface area contributed by atoms with E-state index in [2.05, 4.69) is 22.0 Å². The molecule has 1 atom stereocenters. The van der Waals surface area contributed by atoms with Crippen molar-refractivity contribution < 1.29 is 14.0 Å². The highest BCUT2D eigenvalue weighted by atomic mass is 32.1. The van der Waals surface area contributed by atoms with E-state index in [0.29, 0.717) is 17.6 Å². The third-order valence-corrected chi connectivity index (χ3v) is 5.56. The minimum Gasteiger partial charge on any atom is -0.350 e. The predicted octanol–water partition coefficient (Wildman–Crippen LogP) is 2.94. The van der Waals surface area contributed by atoms with Crippen LogP contribution < -0.4 is 0 Å². The average molecular weight is 335 g/mol. The molecule has 4 rings (SSSR count). The van der Waals surface area contributed by atoms with Crippen molar-refractivity contribution in [3.8, 4) is 10.7 Å². The molecule has 0 bridgehead atoms. The van der Waals surface area contributed by atoms with Crippen LogP contribution in [0.1, 0.15) is 31.7 Å². The van der Waals surface area contributed by atoms with Crippen LogP contribution in [-0.2, 0) is 9.47 Å². The van der Waals surface area contributed by atoms with Gasteiger partial charge in [-0.25, -0.2) is 0 Å². The number of hydrogen-bond acceptors (Lipinski definition) is 7. The molecule has 2 aromatic rings. The Morgan fingerprint density at radius 1 is 1.26 bits per heavy atom. The van der Waals surface area contributed by atoms with E-state index in [1.54, 1.807) is 11.3 Å². The molecule has 2 saturated heterocycles. The largest absolute Gasteiger partial charge is 0.350 e. The van der Waals surface area contributed by atoms with Gasteiger partial charge in [-0.1, -0.05) is 11.2 Å².